The number of rotatable bonds is 8. The number of ether oxygens (including phenoxy) is 1. The molecule has 2 aromatic rings. The second-order valence-corrected chi connectivity index (χ2v) is 5.62. The van der Waals surface area contributed by atoms with E-state index in [4.69, 9.17) is 16.3 Å². The molecule has 26 heavy (non-hydrogen) atoms. The highest BCUT2D eigenvalue weighted by molar-refractivity contribution is 14.0. The van der Waals surface area contributed by atoms with E-state index >= 15 is 0 Å². The Labute approximate surface area is 175 Å². The number of halogens is 3. The van der Waals surface area contributed by atoms with E-state index in [9.17, 15) is 4.39 Å². The van der Waals surface area contributed by atoms with Crippen LogP contribution in [0, 0.1) is 5.82 Å². The van der Waals surface area contributed by atoms with E-state index in [1.54, 1.807) is 24.4 Å². The third-order valence-electron chi connectivity index (χ3n) is 3.26. The first-order valence-corrected chi connectivity index (χ1v) is 8.56. The first-order valence-electron chi connectivity index (χ1n) is 8.18. The maximum Gasteiger partial charge on any atom is 0.191 e. The predicted octanol–water partition coefficient (Wildman–Crippen LogP) is 3.67. The van der Waals surface area contributed by atoms with Crippen LogP contribution in [0.1, 0.15) is 12.5 Å². The Balaban J connectivity index is 0.00000338. The summed E-state index contributed by atoms with van der Waals surface area (Å²) in [5.74, 6) is 0.920. The van der Waals surface area contributed by atoms with Gasteiger partial charge in [-0.1, -0.05) is 23.7 Å². The fourth-order valence-corrected chi connectivity index (χ4v) is 2.20. The molecule has 0 saturated heterocycles. The van der Waals surface area contributed by atoms with E-state index in [0.29, 0.717) is 36.6 Å². The fraction of sp³-hybridized carbons (Fsp3) is 0.333. The number of nitrogens with one attached hydrogen (secondary N) is 2. The Hall–Kier alpha value is -1.61. The van der Waals surface area contributed by atoms with Crippen molar-refractivity contribution in [1.29, 1.82) is 0 Å². The Morgan fingerprint density at radius 1 is 1.27 bits per heavy atom. The second-order valence-electron chi connectivity index (χ2n) is 5.23. The molecule has 0 saturated carbocycles. The Bertz CT molecular complexity index is 685. The molecule has 0 aliphatic rings. The minimum Gasteiger partial charge on any atom is -0.492 e. The van der Waals surface area contributed by atoms with Crippen LogP contribution in [0.15, 0.2) is 47.6 Å². The average molecular weight is 493 g/mol. The molecule has 8 heteroatoms. The summed E-state index contributed by atoms with van der Waals surface area (Å²) in [5.41, 5.74) is 1.08. The van der Waals surface area contributed by atoms with Crippen molar-refractivity contribution >= 4 is 41.5 Å². The number of pyridine rings is 1. The molecule has 2 rings (SSSR count). The summed E-state index contributed by atoms with van der Waals surface area (Å²) < 4.78 is 18.6. The van der Waals surface area contributed by atoms with Gasteiger partial charge in [0.15, 0.2) is 5.96 Å². The van der Waals surface area contributed by atoms with Crippen molar-refractivity contribution in [3.63, 3.8) is 0 Å². The van der Waals surface area contributed by atoms with Gasteiger partial charge in [-0.3, -0.25) is 4.99 Å². The first kappa shape index (κ1) is 22.4. The Morgan fingerprint density at radius 3 is 2.81 bits per heavy atom. The van der Waals surface area contributed by atoms with E-state index in [2.05, 4.69) is 20.6 Å². The number of nitrogens with zero attached hydrogens (tertiary/aromatic N) is 2. The van der Waals surface area contributed by atoms with E-state index in [1.807, 2.05) is 13.0 Å². The Morgan fingerprint density at radius 2 is 2.12 bits per heavy atom. The third kappa shape index (κ3) is 8.66. The summed E-state index contributed by atoms with van der Waals surface area (Å²) in [6.45, 7) is 4.37. The molecule has 5 nitrogen and oxygen atoms in total. The molecule has 0 spiro atoms. The predicted molar refractivity (Wildman–Crippen MR) is 114 cm³/mol. The quantitative estimate of drug-likeness (QED) is 0.194. The van der Waals surface area contributed by atoms with Crippen LogP contribution < -0.4 is 15.4 Å². The maximum absolute atomic E-state index is 13.1. The lowest BCUT2D eigenvalue weighted by molar-refractivity contribution is 0.320. The van der Waals surface area contributed by atoms with Gasteiger partial charge in [0, 0.05) is 25.4 Å². The van der Waals surface area contributed by atoms with Gasteiger partial charge in [-0.25, -0.2) is 9.37 Å². The molecule has 142 valence electrons. The van der Waals surface area contributed by atoms with Gasteiger partial charge in [-0.15, -0.1) is 24.0 Å². The molecule has 1 aromatic heterocycles. The van der Waals surface area contributed by atoms with Crippen molar-refractivity contribution in [2.24, 2.45) is 4.99 Å². The summed E-state index contributed by atoms with van der Waals surface area (Å²) in [6, 6.07) is 9.81. The molecule has 0 aliphatic carbocycles. The molecule has 2 N–H and O–H groups in total. The lowest BCUT2D eigenvalue weighted by atomic mass is 10.2. The Kier molecular flexibility index (Phi) is 11.0. The number of guanidine groups is 1. The number of hydrogen-bond acceptors (Lipinski definition) is 3. The van der Waals surface area contributed by atoms with E-state index in [1.165, 1.54) is 12.1 Å². The molecule has 1 aromatic carbocycles. The first-order chi connectivity index (χ1) is 12.2. The second kappa shape index (κ2) is 12.7. The van der Waals surface area contributed by atoms with Crippen LogP contribution in [0.5, 0.6) is 5.75 Å². The van der Waals surface area contributed by atoms with Gasteiger partial charge in [0.05, 0.1) is 6.54 Å². The normalized spacial score (nSPS) is 10.8. The van der Waals surface area contributed by atoms with Gasteiger partial charge in [-0.05, 0) is 37.1 Å². The third-order valence-corrected chi connectivity index (χ3v) is 3.49. The summed E-state index contributed by atoms with van der Waals surface area (Å²) in [7, 11) is 0. The van der Waals surface area contributed by atoms with Gasteiger partial charge < -0.3 is 15.4 Å². The van der Waals surface area contributed by atoms with Crippen LogP contribution >= 0.6 is 35.6 Å². The molecule has 0 bridgehead atoms. The minimum absolute atomic E-state index is 0. The lowest BCUT2D eigenvalue weighted by Gasteiger charge is -2.12. The molecule has 0 atom stereocenters. The van der Waals surface area contributed by atoms with Crippen molar-refractivity contribution in [2.75, 3.05) is 26.2 Å². The van der Waals surface area contributed by atoms with Gasteiger partial charge in [-0.2, -0.15) is 0 Å². The summed E-state index contributed by atoms with van der Waals surface area (Å²) in [6.07, 6.45) is 2.53. The summed E-state index contributed by atoms with van der Waals surface area (Å²) in [4.78, 5) is 8.56. The highest BCUT2D eigenvalue weighted by atomic mass is 127. The van der Waals surface area contributed by atoms with Crippen LogP contribution in [0.2, 0.25) is 5.15 Å². The zero-order chi connectivity index (χ0) is 17.9. The van der Waals surface area contributed by atoms with Crippen LogP contribution in [-0.2, 0) is 6.42 Å². The van der Waals surface area contributed by atoms with Crippen molar-refractivity contribution in [3.8, 4) is 5.75 Å². The SMILES string of the molecule is CCNC(=NCCc1ccc(Cl)nc1)NCCOc1cccc(F)c1.I. The lowest BCUT2D eigenvalue weighted by Crippen LogP contribution is -2.39. The van der Waals surface area contributed by atoms with Crippen molar-refractivity contribution in [3.05, 3.63) is 59.1 Å². The zero-order valence-corrected chi connectivity index (χ0v) is 17.6. The highest BCUT2D eigenvalue weighted by Crippen LogP contribution is 2.11. The molecule has 0 aliphatic heterocycles. The maximum atomic E-state index is 13.1. The zero-order valence-electron chi connectivity index (χ0n) is 14.5. The van der Waals surface area contributed by atoms with E-state index < -0.39 is 0 Å². The van der Waals surface area contributed by atoms with Crippen molar-refractivity contribution < 1.29 is 9.13 Å². The van der Waals surface area contributed by atoms with Crippen molar-refractivity contribution in [1.82, 2.24) is 15.6 Å². The molecular formula is C18H23ClFIN4O. The number of benzene rings is 1. The molecule has 0 radical (unpaired) electrons. The van der Waals surface area contributed by atoms with Crippen LogP contribution in [0.4, 0.5) is 4.39 Å². The average Bonchev–Trinajstić information content (AvgIpc) is 2.60. The van der Waals surface area contributed by atoms with Crippen LogP contribution in [-0.4, -0.2) is 37.2 Å². The van der Waals surface area contributed by atoms with Gasteiger partial charge in [0.2, 0.25) is 0 Å². The van der Waals surface area contributed by atoms with Gasteiger partial charge in [0.1, 0.15) is 23.3 Å². The standard InChI is InChI=1S/C18H22ClFN4O.HI/c1-2-21-18(22-9-8-14-6-7-17(19)24-13-14)23-10-11-25-16-5-3-4-15(20)12-16;/h3-7,12-13H,2,8-11H2,1H3,(H2,21,22,23);1H. The number of hydrogen-bond donors (Lipinski definition) is 2. The molecule has 0 fully saturated rings. The van der Waals surface area contributed by atoms with E-state index in [-0.39, 0.29) is 29.8 Å². The molecule has 1 heterocycles. The molecular weight excluding hydrogens is 470 g/mol. The highest BCUT2D eigenvalue weighted by Gasteiger charge is 1.99. The number of aromatic nitrogens is 1. The summed E-state index contributed by atoms with van der Waals surface area (Å²) >= 11 is 5.77. The smallest absolute Gasteiger partial charge is 0.191 e. The summed E-state index contributed by atoms with van der Waals surface area (Å²) in [5, 5.41) is 6.84. The van der Waals surface area contributed by atoms with Gasteiger partial charge >= 0.3 is 0 Å². The minimum atomic E-state index is -0.308. The largest absolute Gasteiger partial charge is 0.492 e. The van der Waals surface area contributed by atoms with Gasteiger partial charge in [0.25, 0.3) is 0 Å². The topological polar surface area (TPSA) is 58.5 Å². The van der Waals surface area contributed by atoms with Crippen molar-refractivity contribution in [2.45, 2.75) is 13.3 Å². The van der Waals surface area contributed by atoms with E-state index in [0.717, 1.165) is 18.5 Å². The molecule has 0 unspecified atom stereocenters. The monoisotopic (exact) mass is 492 g/mol. The van der Waals surface area contributed by atoms with Crippen LogP contribution in [0.3, 0.4) is 0 Å². The fourth-order valence-electron chi connectivity index (χ4n) is 2.09. The molecule has 0 amide bonds. The van der Waals surface area contributed by atoms with Crippen LogP contribution in [0.25, 0.3) is 0 Å². The number of aliphatic imine (C=N–C) groups is 1.